The number of rotatable bonds is 3. The second kappa shape index (κ2) is 5.61. The maximum Gasteiger partial charge on any atom is 0.375 e. The van der Waals surface area contributed by atoms with E-state index in [1.165, 1.54) is 4.68 Å². The fraction of sp³-hybridized carbons (Fsp3) is 0.0625. The van der Waals surface area contributed by atoms with Crippen molar-refractivity contribution in [2.45, 2.75) is 6.92 Å². The van der Waals surface area contributed by atoms with E-state index in [2.05, 4.69) is 10.1 Å². The summed E-state index contributed by atoms with van der Waals surface area (Å²) in [6.07, 6.45) is 0. The summed E-state index contributed by atoms with van der Waals surface area (Å²) in [5, 5.41) is 13.8. The summed E-state index contributed by atoms with van der Waals surface area (Å²) in [6, 6.07) is 14.6. The number of aromatic nitrogens is 3. The highest BCUT2D eigenvalue weighted by Crippen LogP contribution is 2.23. The lowest BCUT2D eigenvalue weighted by Gasteiger charge is -2.06. The zero-order chi connectivity index (χ0) is 15.7. The van der Waals surface area contributed by atoms with Crippen LogP contribution >= 0.6 is 11.6 Å². The van der Waals surface area contributed by atoms with Gasteiger partial charge in [-0.25, -0.2) is 14.5 Å². The molecule has 0 aliphatic rings. The molecule has 0 radical (unpaired) electrons. The van der Waals surface area contributed by atoms with Crippen LogP contribution in [-0.4, -0.2) is 25.8 Å². The lowest BCUT2D eigenvalue weighted by Crippen LogP contribution is -2.02. The van der Waals surface area contributed by atoms with Crippen LogP contribution in [0, 0.1) is 6.92 Å². The van der Waals surface area contributed by atoms with E-state index in [1.54, 1.807) is 24.3 Å². The topological polar surface area (TPSA) is 68.0 Å². The highest BCUT2D eigenvalue weighted by Gasteiger charge is 2.17. The standard InChI is InChI=1S/C16H12ClN3O2/c1-10-2-8-13(9-3-10)20-15(18-14(19-20)16(21)22)11-4-6-12(17)7-5-11/h2-9H,1H3,(H,21,22). The van der Waals surface area contributed by atoms with Crippen molar-refractivity contribution in [3.63, 3.8) is 0 Å². The van der Waals surface area contributed by atoms with Crippen LogP contribution in [0.25, 0.3) is 17.1 Å². The van der Waals surface area contributed by atoms with Gasteiger partial charge < -0.3 is 5.11 Å². The lowest BCUT2D eigenvalue weighted by atomic mass is 10.2. The van der Waals surface area contributed by atoms with Gasteiger partial charge in [-0.1, -0.05) is 29.3 Å². The van der Waals surface area contributed by atoms with Crippen LogP contribution in [0.1, 0.15) is 16.2 Å². The first kappa shape index (κ1) is 14.3. The predicted octanol–water partition coefficient (Wildman–Crippen LogP) is 3.59. The minimum Gasteiger partial charge on any atom is -0.475 e. The molecule has 0 amide bonds. The molecule has 0 unspecified atom stereocenters. The first-order valence-electron chi connectivity index (χ1n) is 6.58. The van der Waals surface area contributed by atoms with Gasteiger partial charge in [-0.05, 0) is 43.3 Å². The second-order valence-electron chi connectivity index (χ2n) is 4.82. The minimum absolute atomic E-state index is 0.245. The van der Waals surface area contributed by atoms with Gasteiger partial charge >= 0.3 is 5.97 Å². The number of carboxylic acids is 1. The monoisotopic (exact) mass is 313 g/mol. The van der Waals surface area contributed by atoms with Crippen molar-refractivity contribution in [1.29, 1.82) is 0 Å². The molecule has 0 fully saturated rings. The lowest BCUT2D eigenvalue weighted by molar-refractivity contribution is 0.0683. The fourth-order valence-corrected chi connectivity index (χ4v) is 2.18. The third-order valence-corrected chi connectivity index (χ3v) is 3.43. The van der Waals surface area contributed by atoms with E-state index in [4.69, 9.17) is 16.7 Å². The Balaban J connectivity index is 2.17. The second-order valence-corrected chi connectivity index (χ2v) is 5.25. The Hall–Kier alpha value is -2.66. The number of carboxylic acid groups (broad SMARTS) is 1. The average molecular weight is 314 g/mol. The van der Waals surface area contributed by atoms with Crippen LogP contribution in [0.4, 0.5) is 0 Å². The number of carbonyl (C=O) groups is 1. The van der Waals surface area contributed by atoms with E-state index in [1.807, 2.05) is 31.2 Å². The van der Waals surface area contributed by atoms with E-state index in [-0.39, 0.29) is 5.82 Å². The van der Waals surface area contributed by atoms with E-state index in [0.717, 1.165) is 16.8 Å². The van der Waals surface area contributed by atoms with Gasteiger partial charge in [0.25, 0.3) is 5.82 Å². The zero-order valence-corrected chi connectivity index (χ0v) is 12.4. The SMILES string of the molecule is Cc1ccc(-n2nc(C(=O)O)nc2-c2ccc(Cl)cc2)cc1. The molecule has 0 bridgehead atoms. The van der Waals surface area contributed by atoms with Crippen molar-refractivity contribution in [3.8, 4) is 17.1 Å². The Kier molecular flexibility index (Phi) is 3.65. The molecule has 6 heteroatoms. The molecule has 2 aromatic carbocycles. The van der Waals surface area contributed by atoms with Crippen molar-refractivity contribution in [2.24, 2.45) is 0 Å². The van der Waals surface area contributed by atoms with Crippen molar-refractivity contribution in [2.75, 3.05) is 0 Å². The molecule has 0 saturated heterocycles. The molecule has 5 nitrogen and oxygen atoms in total. The number of nitrogens with zero attached hydrogens (tertiary/aromatic N) is 3. The largest absolute Gasteiger partial charge is 0.475 e. The van der Waals surface area contributed by atoms with E-state index >= 15 is 0 Å². The van der Waals surface area contributed by atoms with Crippen molar-refractivity contribution in [1.82, 2.24) is 14.8 Å². The minimum atomic E-state index is -1.17. The molecular weight excluding hydrogens is 302 g/mol. The van der Waals surface area contributed by atoms with Crippen LogP contribution in [0.3, 0.4) is 0 Å². The maximum atomic E-state index is 11.2. The molecule has 110 valence electrons. The molecule has 0 saturated carbocycles. The van der Waals surface area contributed by atoms with Gasteiger partial charge in [-0.15, -0.1) is 5.10 Å². The molecule has 1 N–H and O–H groups in total. The van der Waals surface area contributed by atoms with E-state index < -0.39 is 5.97 Å². The molecule has 0 aliphatic heterocycles. The average Bonchev–Trinajstić information content (AvgIpc) is 2.94. The summed E-state index contributed by atoms with van der Waals surface area (Å²) in [5.74, 6) is -0.954. The Labute approximate surface area is 131 Å². The molecule has 1 heterocycles. The van der Waals surface area contributed by atoms with Gasteiger partial charge in [-0.2, -0.15) is 0 Å². The fourth-order valence-electron chi connectivity index (χ4n) is 2.05. The van der Waals surface area contributed by atoms with Crippen LogP contribution < -0.4 is 0 Å². The summed E-state index contributed by atoms with van der Waals surface area (Å²) >= 11 is 5.89. The van der Waals surface area contributed by atoms with Crippen LogP contribution in [0.2, 0.25) is 5.02 Å². The maximum absolute atomic E-state index is 11.2. The summed E-state index contributed by atoms with van der Waals surface area (Å²) < 4.78 is 1.52. The Morgan fingerprint density at radius 2 is 1.73 bits per heavy atom. The number of hydrogen-bond donors (Lipinski definition) is 1. The van der Waals surface area contributed by atoms with Crippen molar-refractivity contribution in [3.05, 3.63) is 64.9 Å². The highest BCUT2D eigenvalue weighted by molar-refractivity contribution is 6.30. The van der Waals surface area contributed by atoms with Gasteiger partial charge in [0.15, 0.2) is 5.82 Å². The predicted molar refractivity (Wildman–Crippen MR) is 83.5 cm³/mol. The third-order valence-electron chi connectivity index (χ3n) is 3.18. The molecule has 22 heavy (non-hydrogen) atoms. The Morgan fingerprint density at radius 1 is 1.09 bits per heavy atom. The molecule has 3 rings (SSSR count). The summed E-state index contributed by atoms with van der Waals surface area (Å²) in [7, 11) is 0. The quantitative estimate of drug-likeness (QED) is 0.802. The van der Waals surface area contributed by atoms with E-state index in [9.17, 15) is 4.79 Å². The normalized spacial score (nSPS) is 10.6. The van der Waals surface area contributed by atoms with Gasteiger partial charge in [-0.3, -0.25) is 0 Å². The number of hydrogen-bond acceptors (Lipinski definition) is 3. The van der Waals surface area contributed by atoms with Gasteiger partial charge in [0.05, 0.1) is 5.69 Å². The van der Waals surface area contributed by atoms with Crippen molar-refractivity contribution < 1.29 is 9.90 Å². The molecule has 0 atom stereocenters. The van der Waals surface area contributed by atoms with Gasteiger partial charge in [0, 0.05) is 10.6 Å². The number of aryl methyl sites for hydroxylation is 1. The zero-order valence-electron chi connectivity index (χ0n) is 11.7. The number of halogens is 1. The van der Waals surface area contributed by atoms with Crippen molar-refractivity contribution >= 4 is 17.6 Å². The molecule has 0 spiro atoms. The summed E-state index contributed by atoms with van der Waals surface area (Å²) in [4.78, 5) is 15.3. The van der Waals surface area contributed by atoms with Crippen LogP contribution in [0.15, 0.2) is 48.5 Å². The molecule has 3 aromatic rings. The first-order valence-corrected chi connectivity index (χ1v) is 6.96. The number of aromatic carboxylic acids is 1. The molecule has 0 aliphatic carbocycles. The molecule has 1 aromatic heterocycles. The Morgan fingerprint density at radius 3 is 2.32 bits per heavy atom. The number of benzene rings is 2. The van der Waals surface area contributed by atoms with Gasteiger partial charge in [0.1, 0.15) is 0 Å². The van der Waals surface area contributed by atoms with Gasteiger partial charge in [0.2, 0.25) is 0 Å². The summed E-state index contributed by atoms with van der Waals surface area (Å²) in [6.45, 7) is 1.98. The van der Waals surface area contributed by atoms with E-state index in [0.29, 0.717) is 10.8 Å². The van der Waals surface area contributed by atoms with Crippen LogP contribution in [0.5, 0.6) is 0 Å². The highest BCUT2D eigenvalue weighted by atomic mass is 35.5. The van der Waals surface area contributed by atoms with Crippen LogP contribution in [-0.2, 0) is 0 Å². The first-order chi connectivity index (χ1) is 10.5. The molecular formula is C16H12ClN3O2. The smallest absolute Gasteiger partial charge is 0.375 e. The summed E-state index contributed by atoms with van der Waals surface area (Å²) in [5.41, 5.74) is 2.59. The Bertz CT molecular complexity index is 761. The third kappa shape index (κ3) is 2.71.